The van der Waals surface area contributed by atoms with Crippen molar-refractivity contribution >= 4 is 68.1 Å². The maximum atomic E-state index is 16.8. The van der Waals surface area contributed by atoms with E-state index in [0.29, 0.717) is 95.9 Å². The summed E-state index contributed by atoms with van der Waals surface area (Å²) in [5, 5.41) is 17.6. The molecule has 3 saturated heterocycles. The van der Waals surface area contributed by atoms with E-state index in [1.165, 1.54) is 12.3 Å². The molecule has 2 amide bonds. The molecular weight excluding hydrogens is 948 g/mol. The fraction of sp³-hybridized carbons (Fsp3) is 0.302. The lowest BCUT2D eigenvalue weighted by Crippen LogP contribution is -2.54. The summed E-state index contributed by atoms with van der Waals surface area (Å²) in [6, 6.07) is 16.9. The Morgan fingerprint density at radius 2 is 1.59 bits per heavy atom. The summed E-state index contributed by atoms with van der Waals surface area (Å²) in [7, 11) is 2.04. The summed E-state index contributed by atoms with van der Waals surface area (Å²) in [6.07, 6.45) is 10.2. The van der Waals surface area contributed by atoms with Crippen LogP contribution in [0.5, 0.6) is 5.75 Å². The first-order valence-corrected chi connectivity index (χ1v) is 24.8. The Labute approximate surface area is 421 Å². The number of pyridine rings is 6. The second-order valence-electron chi connectivity index (χ2n) is 19.2. The number of likely N-dealkylation sites (tertiary alicyclic amines) is 1. The number of hydrogen-bond donors (Lipinski definition) is 6. The lowest BCUT2D eigenvalue weighted by molar-refractivity contribution is -0.115. The number of benzene rings is 1. The van der Waals surface area contributed by atoms with Crippen molar-refractivity contribution in [1.82, 2.24) is 49.9 Å². The van der Waals surface area contributed by atoms with E-state index in [4.69, 9.17) is 24.4 Å². The van der Waals surface area contributed by atoms with E-state index in [0.717, 1.165) is 49.2 Å². The number of nitrogens with one attached hydrogen (secondary N) is 6. The van der Waals surface area contributed by atoms with Crippen LogP contribution in [0.15, 0.2) is 95.0 Å². The number of carbonyl (C=O) groups is 2. The first kappa shape index (κ1) is 46.5. The number of anilines is 6. The SMILES string of the molecule is CN1CCN(c2ccc(Nc3cc(-c4cnc5c(c4)CC(=O)N5)nc4cc[nH]c(=O)c34)nc2)C(COc2cc(-c3cc(Nc4cc(C5CCOC5)[nH]n4)c4c(=O)[nH]ccc4n3)c(F)cc2C(=O)N2CCCCC2)C1. The first-order chi connectivity index (χ1) is 36.1. The largest absolute Gasteiger partial charge is 0.491 e. The first-order valence-electron chi connectivity index (χ1n) is 24.8. The number of H-pyrrole nitrogens is 3. The van der Waals surface area contributed by atoms with Crippen LogP contribution in [-0.2, 0) is 16.0 Å². The van der Waals surface area contributed by atoms with Gasteiger partial charge < -0.3 is 50.1 Å². The van der Waals surface area contributed by atoms with Crippen molar-refractivity contribution in [2.24, 2.45) is 0 Å². The average Bonchev–Trinajstić information content (AvgIpc) is 4.20. The third-order valence-corrected chi connectivity index (χ3v) is 14.2. The smallest absolute Gasteiger partial charge is 0.259 e. The lowest BCUT2D eigenvalue weighted by atomic mass is 10.0. The number of carbonyl (C=O) groups excluding carboxylic acids is 2. The van der Waals surface area contributed by atoms with Gasteiger partial charge in [0.2, 0.25) is 5.91 Å². The van der Waals surface area contributed by atoms with Crippen LogP contribution in [0.2, 0.25) is 0 Å². The van der Waals surface area contributed by atoms with E-state index in [1.54, 1.807) is 53.8 Å². The van der Waals surface area contributed by atoms with Gasteiger partial charge in [0.25, 0.3) is 17.0 Å². The maximum absolute atomic E-state index is 16.8. The Balaban J connectivity index is 0.840. The predicted octanol–water partition coefficient (Wildman–Crippen LogP) is 6.46. The van der Waals surface area contributed by atoms with Crippen LogP contribution >= 0.6 is 0 Å². The molecule has 4 aliphatic rings. The second kappa shape index (κ2) is 19.5. The number of piperazine rings is 1. The average molecular weight is 999 g/mol. The molecule has 0 bridgehead atoms. The van der Waals surface area contributed by atoms with Crippen molar-refractivity contribution in [2.75, 3.05) is 80.4 Å². The highest BCUT2D eigenvalue weighted by Gasteiger charge is 2.30. The van der Waals surface area contributed by atoms with Gasteiger partial charge in [0.15, 0.2) is 5.82 Å². The molecule has 2 atom stereocenters. The Bertz CT molecular complexity index is 3610. The van der Waals surface area contributed by atoms with Crippen molar-refractivity contribution in [2.45, 2.75) is 44.1 Å². The second-order valence-corrected chi connectivity index (χ2v) is 19.2. The highest BCUT2D eigenvalue weighted by atomic mass is 19.1. The highest BCUT2D eigenvalue weighted by Crippen LogP contribution is 2.37. The lowest BCUT2D eigenvalue weighted by Gasteiger charge is -2.41. The molecule has 1 aromatic carbocycles. The molecule has 0 saturated carbocycles. The molecule has 6 N–H and O–H groups in total. The van der Waals surface area contributed by atoms with Gasteiger partial charge in [-0.2, -0.15) is 5.10 Å². The van der Waals surface area contributed by atoms with E-state index in [2.05, 4.69) is 50.9 Å². The van der Waals surface area contributed by atoms with Crippen molar-refractivity contribution in [3.63, 3.8) is 0 Å². The molecule has 21 heteroatoms. The van der Waals surface area contributed by atoms with Gasteiger partial charge in [-0.05, 0) is 87.3 Å². The number of nitrogens with zero attached hydrogens (tertiary/aromatic N) is 8. The van der Waals surface area contributed by atoms with Crippen molar-refractivity contribution in [1.29, 1.82) is 0 Å². The summed E-state index contributed by atoms with van der Waals surface area (Å²) >= 11 is 0. The predicted molar refractivity (Wildman–Crippen MR) is 277 cm³/mol. The van der Waals surface area contributed by atoms with Gasteiger partial charge in [0, 0.05) is 92.3 Å². The van der Waals surface area contributed by atoms with Gasteiger partial charge in [-0.25, -0.2) is 24.3 Å². The standard InChI is InChI=1S/C53H51FN14O6/c1-66-14-15-68(32-5-6-45(57-25-32)61-42-21-39(59-37-7-10-55-51(70)48(37)42)31-17-30-18-47(69)63-50(30)58-24-31)33(26-66)28-74-44-20-34(36(54)19-35(44)53(72)67-12-3-2-4-13-67)41-22-43(49-38(60-41)8-11-56-52(49)71)62-46-23-40(64-65-46)29-9-16-73-27-29/h5-8,10-11,17,19-25,29,33H,2-4,9,12-16,18,26-28H2,1H3,(H,55,70)(H,56,71)(H,57,59,61)(H,58,63,69)(H2,60,62,64,65). The van der Waals surface area contributed by atoms with Gasteiger partial charge in [-0.3, -0.25) is 24.3 Å². The van der Waals surface area contributed by atoms with Crippen LogP contribution in [0.3, 0.4) is 0 Å². The van der Waals surface area contributed by atoms with Crippen LogP contribution in [0.25, 0.3) is 44.3 Å². The number of likely N-dealkylation sites (N-methyl/N-ethyl adjacent to an activating group) is 1. The molecule has 376 valence electrons. The summed E-state index contributed by atoms with van der Waals surface area (Å²) in [5.41, 5.74) is 5.13. The monoisotopic (exact) mass is 998 g/mol. The topological polar surface area (TPSA) is 244 Å². The van der Waals surface area contributed by atoms with E-state index in [1.807, 2.05) is 31.3 Å². The zero-order valence-electron chi connectivity index (χ0n) is 40.3. The Morgan fingerprint density at radius 1 is 0.838 bits per heavy atom. The van der Waals surface area contributed by atoms with Crippen molar-refractivity contribution in [3.05, 3.63) is 129 Å². The molecule has 0 radical (unpaired) electrons. The number of rotatable bonds is 12. The molecule has 0 spiro atoms. The number of ether oxygens (including phenoxy) is 2. The highest BCUT2D eigenvalue weighted by molar-refractivity contribution is 6.00. The van der Waals surface area contributed by atoms with Gasteiger partial charge in [0.05, 0.1) is 81.1 Å². The molecule has 4 aliphatic heterocycles. The third-order valence-electron chi connectivity index (χ3n) is 14.2. The molecule has 0 aliphatic carbocycles. The summed E-state index contributed by atoms with van der Waals surface area (Å²) < 4.78 is 29.1. The fourth-order valence-corrected chi connectivity index (χ4v) is 10.4. The van der Waals surface area contributed by atoms with Crippen LogP contribution < -0.4 is 36.7 Å². The van der Waals surface area contributed by atoms with Crippen molar-refractivity contribution < 1.29 is 23.5 Å². The zero-order valence-corrected chi connectivity index (χ0v) is 40.3. The van der Waals surface area contributed by atoms with Crippen LogP contribution in [0, 0.1) is 5.82 Å². The number of hydrogen-bond acceptors (Lipinski definition) is 15. The number of aromatic amines is 3. The minimum absolute atomic E-state index is 0.0879. The van der Waals surface area contributed by atoms with Gasteiger partial charge in [-0.1, -0.05) is 0 Å². The number of fused-ring (bicyclic) bond motifs is 3. The molecule has 2 unspecified atom stereocenters. The molecule has 8 aromatic rings. The Hall–Kier alpha value is -8.56. The molecule has 11 heterocycles. The third kappa shape index (κ3) is 9.15. The summed E-state index contributed by atoms with van der Waals surface area (Å²) in [6.45, 7) is 4.50. The van der Waals surface area contributed by atoms with Gasteiger partial charge >= 0.3 is 0 Å². The normalized spacial score (nSPS) is 17.9. The minimum atomic E-state index is -0.668. The number of halogens is 1. The molecule has 7 aromatic heterocycles. The molecule has 20 nitrogen and oxygen atoms in total. The fourth-order valence-electron chi connectivity index (χ4n) is 10.4. The molecule has 3 fully saturated rings. The molecule has 74 heavy (non-hydrogen) atoms. The van der Waals surface area contributed by atoms with Gasteiger partial charge in [0.1, 0.15) is 29.8 Å². The summed E-state index contributed by atoms with van der Waals surface area (Å²) in [4.78, 5) is 83.3. The van der Waals surface area contributed by atoms with E-state index >= 15 is 4.39 Å². The Kier molecular flexibility index (Phi) is 12.2. The quantitative estimate of drug-likeness (QED) is 0.0770. The van der Waals surface area contributed by atoms with Crippen LogP contribution in [0.1, 0.15) is 53.2 Å². The number of amides is 2. The molecule has 12 rings (SSSR count). The number of piperidine rings is 1. The minimum Gasteiger partial charge on any atom is -0.491 e. The van der Waals surface area contributed by atoms with E-state index < -0.39 is 5.82 Å². The van der Waals surface area contributed by atoms with Crippen molar-refractivity contribution in [3.8, 4) is 28.3 Å². The number of aromatic nitrogens is 8. The maximum Gasteiger partial charge on any atom is 0.259 e. The van der Waals surface area contributed by atoms with E-state index in [-0.39, 0.29) is 75.9 Å². The van der Waals surface area contributed by atoms with Crippen LogP contribution in [-0.4, -0.2) is 127 Å². The molecular formula is C53H51FN14O6. The zero-order chi connectivity index (χ0) is 50.5. The Morgan fingerprint density at radius 3 is 2.34 bits per heavy atom. The summed E-state index contributed by atoms with van der Waals surface area (Å²) in [5.74, 6) is 0.756. The van der Waals surface area contributed by atoms with Gasteiger partial charge in [-0.15, -0.1) is 0 Å². The van der Waals surface area contributed by atoms with Crippen LogP contribution in [0.4, 0.5) is 38.9 Å². The van der Waals surface area contributed by atoms with E-state index in [9.17, 15) is 19.2 Å².